The van der Waals surface area contributed by atoms with Crippen LogP contribution >= 0.6 is 22.4 Å². The molecule has 0 aromatic heterocycles. The second kappa shape index (κ2) is 5.94. The van der Waals surface area contributed by atoms with Gasteiger partial charge in [0.2, 0.25) is 9.05 Å². The van der Waals surface area contributed by atoms with Crippen molar-refractivity contribution in [1.29, 1.82) is 0 Å². The minimum Gasteiger partial charge on any atom is -0.302 e. The maximum atomic E-state index is 10.8. The molecule has 1 heterocycles. The van der Waals surface area contributed by atoms with E-state index in [9.17, 15) is 8.42 Å². The molecule has 1 aliphatic heterocycles. The van der Waals surface area contributed by atoms with E-state index in [1.165, 1.54) is 0 Å². The van der Waals surface area contributed by atoms with Gasteiger partial charge in [0.05, 0.1) is 5.75 Å². The number of nitrogens with zero attached hydrogens (tertiary/aromatic N) is 1. The first-order chi connectivity index (χ1) is 7.29. The number of hydrogen-bond acceptors (Lipinski definition) is 4. The van der Waals surface area contributed by atoms with Crippen LogP contribution in [0.25, 0.3) is 0 Å². The summed E-state index contributed by atoms with van der Waals surface area (Å²) >= 11 is 2.00. The van der Waals surface area contributed by atoms with E-state index in [-0.39, 0.29) is 5.75 Å². The number of thioether (sulfide) groups is 1. The summed E-state index contributed by atoms with van der Waals surface area (Å²) in [4.78, 5) is 2.34. The van der Waals surface area contributed by atoms with Crippen LogP contribution in [0.3, 0.4) is 0 Å². The minimum absolute atomic E-state index is 0.0849. The molecule has 0 bridgehead atoms. The van der Waals surface area contributed by atoms with Crippen LogP contribution in [0.4, 0.5) is 0 Å². The van der Waals surface area contributed by atoms with E-state index in [0.29, 0.717) is 11.2 Å². The summed E-state index contributed by atoms with van der Waals surface area (Å²) in [5, 5.41) is 0. The Morgan fingerprint density at radius 3 is 2.69 bits per heavy atom. The van der Waals surface area contributed by atoms with Crippen molar-refractivity contribution in [3.05, 3.63) is 0 Å². The van der Waals surface area contributed by atoms with E-state index in [1.54, 1.807) is 0 Å². The molecule has 1 rings (SSSR count). The predicted molar refractivity (Wildman–Crippen MR) is 71.9 cm³/mol. The zero-order valence-electron chi connectivity index (χ0n) is 9.91. The molecule has 0 unspecified atom stereocenters. The van der Waals surface area contributed by atoms with Gasteiger partial charge >= 0.3 is 0 Å². The topological polar surface area (TPSA) is 37.4 Å². The van der Waals surface area contributed by atoms with Gasteiger partial charge in [0.1, 0.15) is 0 Å². The minimum atomic E-state index is -3.32. The average Bonchev–Trinajstić information content (AvgIpc) is 2.26. The molecule has 1 saturated heterocycles. The molecule has 16 heavy (non-hydrogen) atoms. The number of rotatable bonds is 4. The maximum absolute atomic E-state index is 10.8. The van der Waals surface area contributed by atoms with Crippen LogP contribution < -0.4 is 0 Å². The third kappa shape index (κ3) is 6.33. The highest BCUT2D eigenvalue weighted by atomic mass is 35.7. The normalized spacial score (nSPS) is 22.9. The lowest BCUT2D eigenvalue weighted by atomic mass is 10.1. The van der Waals surface area contributed by atoms with Crippen LogP contribution in [-0.4, -0.2) is 49.2 Å². The van der Waals surface area contributed by atoms with Gasteiger partial charge in [-0.05, 0) is 25.9 Å². The van der Waals surface area contributed by atoms with E-state index >= 15 is 0 Å². The van der Waals surface area contributed by atoms with Crippen LogP contribution in [0.2, 0.25) is 0 Å². The molecule has 6 heteroatoms. The summed E-state index contributed by atoms with van der Waals surface area (Å²) < 4.78 is 21.9. The molecule has 3 nitrogen and oxygen atoms in total. The Kier molecular flexibility index (Phi) is 5.42. The Hall–Kier alpha value is 0.550. The summed E-state index contributed by atoms with van der Waals surface area (Å²) in [6.45, 7) is 7.48. The Balaban J connectivity index is 2.28. The van der Waals surface area contributed by atoms with Crippen molar-refractivity contribution in [2.45, 2.75) is 31.4 Å². The van der Waals surface area contributed by atoms with Crippen LogP contribution in [-0.2, 0) is 9.05 Å². The monoisotopic (exact) mass is 285 g/mol. The molecule has 0 spiro atoms. The standard InChI is InChI=1S/C10H20ClNO2S2/c1-10(2)4-6-12(7-8-15-10)5-3-9-16(11,13)14/h3-9H2,1-2H3. The van der Waals surface area contributed by atoms with Crippen molar-refractivity contribution in [3.8, 4) is 0 Å². The highest BCUT2D eigenvalue weighted by Gasteiger charge is 2.23. The summed E-state index contributed by atoms with van der Waals surface area (Å²) in [5.74, 6) is 1.21. The third-order valence-corrected chi connectivity index (χ3v) is 5.40. The third-order valence-electron chi connectivity index (χ3n) is 2.79. The van der Waals surface area contributed by atoms with Crippen molar-refractivity contribution < 1.29 is 8.42 Å². The van der Waals surface area contributed by atoms with Crippen LogP contribution in [0.5, 0.6) is 0 Å². The molecule has 96 valence electrons. The second-order valence-corrected chi connectivity index (χ2v) is 9.49. The van der Waals surface area contributed by atoms with E-state index < -0.39 is 9.05 Å². The largest absolute Gasteiger partial charge is 0.302 e. The lowest BCUT2D eigenvalue weighted by molar-refractivity contribution is 0.285. The molecule has 0 radical (unpaired) electrons. The van der Waals surface area contributed by atoms with Crippen molar-refractivity contribution in [3.63, 3.8) is 0 Å². The van der Waals surface area contributed by atoms with Crippen LogP contribution in [0.1, 0.15) is 26.7 Å². The first-order valence-corrected chi connectivity index (χ1v) is 9.04. The molecule has 0 aliphatic carbocycles. The molecule has 0 aromatic rings. The van der Waals surface area contributed by atoms with Gasteiger partial charge in [-0.15, -0.1) is 0 Å². The van der Waals surface area contributed by atoms with Gasteiger partial charge < -0.3 is 4.90 Å². The molecular weight excluding hydrogens is 266 g/mol. The fourth-order valence-electron chi connectivity index (χ4n) is 1.75. The summed E-state index contributed by atoms with van der Waals surface area (Å²) in [6, 6.07) is 0. The molecule has 0 saturated carbocycles. The summed E-state index contributed by atoms with van der Waals surface area (Å²) in [5.41, 5.74) is 0. The average molecular weight is 286 g/mol. The quantitative estimate of drug-likeness (QED) is 0.742. The van der Waals surface area contributed by atoms with Crippen LogP contribution in [0, 0.1) is 0 Å². The Bertz CT molecular complexity index is 317. The Morgan fingerprint density at radius 1 is 1.38 bits per heavy atom. The molecule has 1 fully saturated rings. The molecule has 0 aromatic carbocycles. The SMILES string of the molecule is CC1(C)CCN(CCCS(=O)(=O)Cl)CCS1. The van der Waals surface area contributed by atoms with Gasteiger partial charge in [-0.2, -0.15) is 11.8 Å². The zero-order valence-corrected chi connectivity index (χ0v) is 12.3. The van der Waals surface area contributed by atoms with Gasteiger partial charge in [0.25, 0.3) is 0 Å². The van der Waals surface area contributed by atoms with Gasteiger partial charge in [-0.1, -0.05) is 13.8 Å². The fourth-order valence-corrected chi connectivity index (χ4v) is 3.69. The zero-order chi connectivity index (χ0) is 12.2. The Labute approximate surface area is 107 Å². The second-order valence-electron chi connectivity index (χ2n) is 4.80. The van der Waals surface area contributed by atoms with Gasteiger partial charge in [-0.25, -0.2) is 8.42 Å². The van der Waals surface area contributed by atoms with E-state index in [1.807, 2.05) is 11.8 Å². The highest BCUT2D eigenvalue weighted by Crippen LogP contribution is 2.30. The van der Waals surface area contributed by atoms with Crippen molar-refractivity contribution in [2.75, 3.05) is 31.1 Å². The predicted octanol–water partition coefficient (Wildman–Crippen LogP) is 2.16. The fraction of sp³-hybridized carbons (Fsp3) is 1.00. The van der Waals surface area contributed by atoms with E-state index in [2.05, 4.69) is 18.7 Å². The Morgan fingerprint density at radius 2 is 2.06 bits per heavy atom. The van der Waals surface area contributed by atoms with Crippen molar-refractivity contribution in [2.24, 2.45) is 0 Å². The maximum Gasteiger partial charge on any atom is 0.232 e. The molecule has 0 N–H and O–H groups in total. The van der Waals surface area contributed by atoms with Crippen LogP contribution in [0.15, 0.2) is 0 Å². The molecule has 0 amide bonds. The van der Waals surface area contributed by atoms with Crippen molar-refractivity contribution in [1.82, 2.24) is 4.90 Å². The first kappa shape index (κ1) is 14.6. The number of halogens is 1. The smallest absolute Gasteiger partial charge is 0.232 e. The molecule has 1 aliphatic rings. The molecular formula is C10H20ClNO2S2. The van der Waals surface area contributed by atoms with E-state index in [0.717, 1.165) is 31.8 Å². The summed E-state index contributed by atoms with van der Waals surface area (Å²) in [7, 11) is 1.86. The molecule has 0 atom stereocenters. The number of hydrogen-bond donors (Lipinski definition) is 0. The van der Waals surface area contributed by atoms with Gasteiger partial charge in [0.15, 0.2) is 0 Å². The van der Waals surface area contributed by atoms with Gasteiger partial charge in [0, 0.05) is 27.7 Å². The lowest BCUT2D eigenvalue weighted by Gasteiger charge is -2.22. The van der Waals surface area contributed by atoms with E-state index in [4.69, 9.17) is 10.7 Å². The lowest BCUT2D eigenvalue weighted by Crippen LogP contribution is -2.29. The van der Waals surface area contributed by atoms with Crippen molar-refractivity contribution >= 4 is 31.5 Å². The first-order valence-electron chi connectivity index (χ1n) is 5.57. The highest BCUT2D eigenvalue weighted by molar-refractivity contribution is 8.13. The summed E-state index contributed by atoms with van der Waals surface area (Å²) in [6.07, 6.45) is 1.79. The van der Waals surface area contributed by atoms with Gasteiger partial charge in [-0.3, -0.25) is 0 Å².